The third-order valence-corrected chi connectivity index (χ3v) is 3.80. The molecule has 0 saturated heterocycles. The first-order valence-corrected chi connectivity index (χ1v) is 6.76. The van der Waals surface area contributed by atoms with E-state index in [0.717, 1.165) is 10.4 Å². The van der Waals surface area contributed by atoms with Crippen LogP contribution in [-0.2, 0) is 0 Å². The Hall–Kier alpha value is -2.21. The van der Waals surface area contributed by atoms with Gasteiger partial charge in [0.1, 0.15) is 5.75 Å². The second kappa shape index (κ2) is 5.83. The Morgan fingerprint density at radius 3 is 2.65 bits per heavy atom. The summed E-state index contributed by atoms with van der Waals surface area (Å²) in [6.45, 7) is 3.58. The van der Waals surface area contributed by atoms with Gasteiger partial charge in [0.05, 0.1) is 15.9 Å². The minimum atomic E-state index is -0.489. The molecule has 0 aliphatic carbocycles. The SMILES string of the molecule is Cc1ccc(C(=O)COc2cc([N+](=O)[O-])ccc2C)s1. The Morgan fingerprint density at radius 1 is 1.30 bits per heavy atom. The van der Waals surface area contributed by atoms with Crippen molar-refractivity contribution in [1.82, 2.24) is 0 Å². The Kier molecular flexibility index (Phi) is 4.14. The maximum absolute atomic E-state index is 11.9. The van der Waals surface area contributed by atoms with Crippen molar-refractivity contribution in [2.75, 3.05) is 6.61 Å². The number of carbonyl (C=O) groups excluding carboxylic acids is 1. The van der Waals surface area contributed by atoms with Gasteiger partial charge >= 0.3 is 0 Å². The molecule has 0 fully saturated rings. The maximum Gasteiger partial charge on any atom is 0.273 e. The lowest BCUT2D eigenvalue weighted by Crippen LogP contribution is -2.10. The van der Waals surface area contributed by atoms with Crippen LogP contribution >= 0.6 is 11.3 Å². The number of Topliss-reactive ketones (excluding diaryl/α,β-unsaturated/α-hetero) is 1. The molecule has 0 spiro atoms. The van der Waals surface area contributed by atoms with Crippen LogP contribution in [0.4, 0.5) is 5.69 Å². The minimum absolute atomic E-state index is 0.0509. The average Bonchev–Trinajstić information content (AvgIpc) is 2.84. The lowest BCUT2D eigenvalue weighted by Gasteiger charge is -2.07. The van der Waals surface area contributed by atoms with Crippen molar-refractivity contribution in [2.24, 2.45) is 0 Å². The van der Waals surface area contributed by atoms with E-state index >= 15 is 0 Å². The van der Waals surface area contributed by atoms with Crippen LogP contribution in [0.2, 0.25) is 0 Å². The standard InChI is InChI=1S/C14H13NO4S/c1-9-3-5-11(15(17)18)7-13(9)19-8-12(16)14-6-4-10(2)20-14/h3-7H,8H2,1-2H3. The predicted octanol–water partition coefficient (Wildman–Crippen LogP) is 3.53. The second-order valence-electron chi connectivity index (χ2n) is 4.33. The largest absolute Gasteiger partial charge is 0.485 e. The Morgan fingerprint density at radius 2 is 2.05 bits per heavy atom. The highest BCUT2D eigenvalue weighted by Crippen LogP contribution is 2.24. The van der Waals surface area contributed by atoms with Crippen molar-refractivity contribution in [1.29, 1.82) is 0 Å². The van der Waals surface area contributed by atoms with Gasteiger partial charge in [-0.05, 0) is 37.6 Å². The molecular weight excluding hydrogens is 278 g/mol. The molecular formula is C14H13NO4S. The molecule has 0 aliphatic heterocycles. The average molecular weight is 291 g/mol. The summed E-state index contributed by atoms with van der Waals surface area (Å²) in [5, 5.41) is 10.7. The third-order valence-electron chi connectivity index (χ3n) is 2.76. The van der Waals surface area contributed by atoms with Crippen LogP contribution in [0.3, 0.4) is 0 Å². The van der Waals surface area contributed by atoms with E-state index in [2.05, 4.69) is 0 Å². The van der Waals surface area contributed by atoms with Crippen molar-refractivity contribution in [3.8, 4) is 5.75 Å². The van der Waals surface area contributed by atoms with Crippen LogP contribution in [0, 0.1) is 24.0 Å². The highest BCUT2D eigenvalue weighted by molar-refractivity contribution is 7.14. The van der Waals surface area contributed by atoms with Gasteiger partial charge in [-0.2, -0.15) is 0 Å². The molecule has 0 amide bonds. The Balaban J connectivity index is 2.09. The molecule has 0 aliphatic rings. The van der Waals surface area contributed by atoms with Crippen molar-refractivity contribution in [3.05, 3.63) is 55.8 Å². The van der Waals surface area contributed by atoms with Gasteiger partial charge in [0.15, 0.2) is 6.61 Å². The van der Waals surface area contributed by atoms with Gasteiger partial charge in [0.25, 0.3) is 5.69 Å². The molecule has 1 heterocycles. The fourth-order valence-electron chi connectivity index (χ4n) is 1.66. The van der Waals surface area contributed by atoms with E-state index in [1.54, 1.807) is 19.1 Å². The molecule has 6 heteroatoms. The number of carbonyl (C=O) groups is 1. The number of ether oxygens (including phenoxy) is 1. The number of nitro groups is 1. The number of rotatable bonds is 5. The van der Waals surface area contributed by atoms with Crippen LogP contribution in [-0.4, -0.2) is 17.3 Å². The molecule has 2 rings (SSSR count). The number of ketones is 1. The fourth-order valence-corrected chi connectivity index (χ4v) is 2.45. The summed E-state index contributed by atoms with van der Waals surface area (Å²) in [6, 6.07) is 7.98. The number of thiophene rings is 1. The normalized spacial score (nSPS) is 10.3. The highest BCUT2D eigenvalue weighted by Gasteiger charge is 2.13. The van der Waals surface area contributed by atoms with Crippen molar-refractivity contribution < 1.29 is 14.5 Å². The molecule has 104 valence electrons. The van der Waals surface area contributed by atoms with Crippen LogP contribution in [0.1, 0.15) is 20.1 Å². The van der Waals surface area contributed by atoms with E-state index in [4.69, 9.17) is 4.74 Å². The molecule has 5 nitrogen and oxygen atoms in total. The summed E-state index contributed by atoms with van der Waals surface area (Å²) in [6.07, 6.45) is 0. The Bertz CT molecular complexity index is 663. The number of non-ortho nitro benzene ring substituents is 1. The second-order valence-corrected chi connectivity index (χ2v) is 5.62. The molecule has 2 aromatic rings. The summed E-state index contributed by atoms with van der Waals surface area (Å²) in [4.78, 5) is 23.8. The highest BCUT2D eigenvalue weighted by atomic mass is 32.1. The summed E-state index contributed by atoms with van der Waals surface area (Å²) in [5.41, 5.74) is 0.704. The van der Waals surface area contributed by atoms with Crippen molar-refractivity contribution in [3.63, 3.8) is 0 Å². The quantitative estimate of drug-likeness (QED) is 0.480. The molecule has 0 N–H and O–H groups in total. The summed E-state index contributed by atoms with van der Waals surface area (Å²) < 4.78 is 5.41. The zero-order valence-electron chi connectivity index (χ0n) is 11.1. The molecule has 0 atom stereocenters. The first-order chi connectivity index (χ1) is 9.47. The monoisotopic (exact) mass is 291 g/mol. The van der Waals surface area contributed by atoms with Crippen molar-refractivity contribution >= 4 is 22.8 Å². The zero-order valence-corrected chi connectivity index (χ0v) is 11.9. The van der Waals surface area contributed by atoms with E-state index in [0.29, 0.717) is 10.6 Å². The summed E-state index contributed by atoms with van der Waals surface area (Å²) in [7, 11) is 0. The van der Waals surface area contributed by atoms with E-state index in [9.17, 15) is 14.9 Å². The lowest BCUT2D eigenvalue weighted by atomic mass is 10.2. The smallest absolute Gasteiger partial charge is 0.273 e. The molecule has 0 saturated carbocycles. The molecule has 0 bridgehead atoms. The minimum Gasteiger partial charge on any atom is -0.485 e. The van der Waals surface area contributed by atoms with E-state index in [1.807, 2.05) is 13.0 Å². The Labute approximate surface area is 120 Å². The number of hydrogen-bond acceptors (Lipinski definition) is 5. The third kappa shape index (κ3) is 3.21. The van der Waals surface area contributed by atoms with Gasteiger partial charge < -0.3 is 4.74 Å². The molecule has 0 radical (unpaired) electrons. The molecule has 1 aromatic carbocycles. The topological polar surface area (TPSA) is 69.4 Å². The van der Waals surface area contributed by atoms with Gasteiger partial charge in [-0.15, -0.1) is 11.3 Å². The van der Waals surface area contributed by atoms with E-state index in [-0.39, 0.29) is 18.1 Å². The predicted molar refractivity (Wildman–Crippen MR) is 76.7 cm³/mol. The van der Waals surface area contributed by atoms with E-state index in [1.165, 1.54) is 23.5 Å². The van der Waals surface area contributed by atoms with Gasteiger partial charge in [0.2, 0.25) is 5.78 Å². The summed E-state index contributed by atoms with van der Waals surface area (Å²) >= 11 is 1.41. The van der Waals surface area contributed by atoms with E-state index < -0.39 is 4.92 Å². The lowest BCUT2D eigenvalue weighted by molar-refractivity contribution is -0.384. The van der Waals surface area contributed by atoms with Crippen LogP contribution in [0.5, 0.6) is 5.75 Å². The van der Waals surface area contributed by atoms with Crippen molar-refractivity contribution in [2.45, 2.75) is 13.8 Å². The summed E-state index contributed by atoms with van der Waals surface area (Å²) in [5.74, 6) is 0.231. The van der Waals surface area contributed by atoms with Crippen LogP contribution in [0.15, 0.2) is 30.3 Å². The van der Waals surface area contributed by atoms with Crippen LogP contribution in [0.25, 0.3) is 0 Å². The molecule has 20 heavy (non-hydrogen) atoms. The van der Waals surface area contributed by atoms with Crippen LogP contribution < -0.4 is 4.74 Å². The van der Waals surface area contributed by atoms with Gasteiger partial charge in [0, 0.05) is 10.9 Å². The zero-order chi connectivity index (χ0) is 14.7. The van der Waals surface area contributed by atoms with Gasteiger partial charge in [-0.3, -0.25) is 14.9 Å². The number of nitro benzene ring substituents is 1. The molecule has 1 aromatic heterocycles. The number of nitrogens with zero attached hydrogens (tertiary/aromatic N) is 1. The fraction of sp³-hybridized carbons (Fsp3) is 0.214. The van der Waals surface area contributed by atoms with Gasteiger partial charge in [-0.25, -0.2) is 0 Å². The first kappa shape index (κ1) is 14.2. The van der Waals surface area contributed by atoms with Gasteiger partial charge in [-0.1, -0.05) is 0 Å². The maximum atomic E-state index is 11.9. The number of hydrogen-bond donors (Lipinski definition) is 0. The number of benzene rings is 1. The number of aryl methyl sites for hydroxylation is 2. The molecule has 0 unspecified atom stereocenters. The first-order valence-electron chi connectivity index (χ1n) is 5.95.